The first-order chi connectivity index (χ1) is 19.0. The van der Waals surface area contributed by atoms with Gasteiger partial charge in [0.2, 0.25) is 0 Å². The Morgan fingerprint density at radius 3 is 2.02 bits per heavy atom. The van der Waals surface area contributed by atoms with Gasteiger partial charge in [0.15, 0.2) is 0 Å². The van der Waals surface area contributed by atoms with Crippen molar-refractivity contribution in [1.82, 2.24) is 4.98 Å². The van der Waals surface area contributed by atoms with Gasteiger partial charge in [-0.3, -0.25) is 0 Å². The van der Waals surface area contributed by atoms with Crippen LogP contribution in [0.25, 0.3) is 10.9 Å². The van der Waals surface area contributed by atoms with E-state index in [-0.39, 0.29) is 27.7 Å². The van der Waals surface area contributed by atoms with Crippen LogP contribution in [0.2, 0.25) is 0 Å². The van der Waals surface area contributed by atoms with Crippen LogP contribution in [-0.2, 0) is 21.7 Å². The fourth-order valence-electron chi connectivity index (χ4n) is 7.82. The molecule has 4 aromatic rings. The monoisotopic (exact) mass is 554 g/mol. The van der Waals surface area contributed by atoms with E-state index < -0.39 is 17.0 Å². The van der Waals surface area contributed by atoms with Crippen LogP contribution < -0.4 is 5.32 Å². The van der Waals surface area contributed by atoms with E-state index in [1.807, 2.05) is 0 Å². The van der Waals surface area contributed by atoms with E-state index in [2.05, 4.69) is 103 Å². The van der Waals surface area contributed by atoms with Crippen LogP contribution in [0, 0.1) is 18.6 Å². The maximum Gasteiger partial charge on any atom is 0.129 e. The fraction of sp³-hybridized carbons (Fsp3) is 0.459. The lowest BCUT2D eigenvalue weighted by atomic mass is 9.58. The Kier molecular flexibility index (Phi) is 6.10. The summed E-state index contributed by atoms with van der Waals surface area (Å²) in [6.07, 6.45) is 3.04. The predicted octanol–water partition coefficient (Wildman–Crippen LogP) is 10.6. The molecule has 1 heterocycles. The third-order valence-electron chi connectivity index (χ3n) is 10.5. The summed E-state index contributed by atoms with van der Waals surface area (Å²) >= 11 is 0. The summed E-state index contributed by atoms with van der Waals surface area (Å²) in [5, 5.41) is 4.91. The number of hydrogen-bond donors (Lipinski definition) is 2. The van der Waals surface area contributed by atoms with Crippen LogP contribution in [-0.4, -0.2) is 4.98 Å². The zero-order valence-electron chi connectivity index (χ0n) is 26.1. The van der Waals surface area contributed by atoms with Gasteiger partial charge in [-0.25, -0.2) is 8.78 Å². The number of hydrogen-bond acceptors (Lipinski definition) is 1. The summed E-state index contributed by atoms with van der Waals surface area (Å²) in [4.78, 5) is 3.73. The number of nitrogens with one attached hydrogen (secondary N) is 2. The molecule has 0 saturated heterocycles. The Hall–Kier alpha value is -3.14. The van der Waals surface area contributed by atoms with Crippen LogP contribution >= 0.6 is 0 Å². The first-order valence-electron chi connectivity index (χ1n) is 15.1. The first kappa shape index (κ1) is 28.0. The highest BCUT2D eigenvalue weighted by Crippen LogP contribution is 2.56. The van der Waals surface area contributed by atoms with E-state index in [4.69, 9.17) is 0 Å². The van der Waals surface area contributed by atoms with Crippen LogP contribution in [0.5, 0.6) is 0 Å². The molecule has 0 saturated carbocycles. The van der Waals surface area contributed by atoms with E-state index in [1.54, 1.807) is 0 Å². The molecule has 1 aromatic heterocycles. The molecule has 0 spiro atoms. The van der Waals surface area contributed by atoms with Crippen LogP contribution in [0.1, 0.15) is 114 Å². The number of aromatic amines is 1. The molecule has 2 N–H and O–H groups in total. The number of fused-ring (bicyclic) bond motifs is 4. The van der Waals surface area contributed by atoms with E-state index in [0.29, 0.717) is 6.42 Å². The second-order valence-electron chi connectivity index (χ2n) is 15.2. The van der Waals surface area contributed by atoms with Crippen molar-refractivity contribution in [3.05, 3.63) is 93.7 Å². The standard InChI is InChI=1S/C37H44F2N2/c1-21-17-24-25(35(4,5)16-15-34(24,2)3)19-29(21)40-22-13-14-23-30(18-22)41-33-32(23)36(6,7)20-26(37(33,8)9)31-27(38)11-10-12-28(31)39/h10-14,17-19,26,40-41H,15-16,20H2,1-9H3. The molecule has 2 aliphatic rings. The summed E-state index contributed by atoms with van der Waals surface area (Å²) in [5.41, 5.74) is 9.48. The number of benzene rings is 3. The highest BCUT2D eigenvalue weighted by atomic mass is 19.1. The normalized spacial score (nSPS) is 21.8. The maximum atomic E-state index is 15.0. The van der Waals surface area contributed by atoms with Crippen LogP contribution in [0.3, 0.4) is 0 Å². The molecular weight excluding hydrogens is 510 g/mol. The summed E-state index contributed by atoms with van der Waals surface area (Å²) in [6.45, 7) is 20.3. The Labute approximate surface area is 244 Å². The zero-order chi connectivity index (χ0) is 29.7. The first-order valence-corrected chi connectivity index (χ1v) is 15.1. The lowest BCUT2D eigenvalue weighted by Gasteiger charge is -2.46. The van der Waals surface area contributed by atoms with Crippen molar-refractivity contribution in [3.8, 4) is 0 Å². The van der Waals surface area contributed by atoms with E-state index in [0.717, 1.165) is 22.6 Å². The number of aryl methyl sites for hydroxylation is 1. The van der Waals surface area contributed by atoms with E-state index >= 15 is 8.78 Å². The minimum Gasteiger partial charge on any atom is -0.358 e. The number of anilines is 2. The number of aromatic nitrogens is 1. The lowest BCUT2D eigenvalue weighted by molar-refractivity contribution is 0.268. The molecule has 0 bridgehead atoms. The summed E-state index contributed by atoms with van der Waals surface area (Å²) < 4.78 is 30.1. The van der Waals surface area contributed by atoms with Crippen LogP contribution in [0.4, 0.5) is 20.2 Å². The predicted molar refractivity (Wildman–Crippen MR) is 168 cm³/mol. The topological polar surface area (TPSA) is 27.8 Å². The SMILES string of the molecule is Cc1cc2c(cc1Nc1ccc3c4c([nH]c3c1)C(C)(C)C(c1c(F)cccc1F)CC4(C)C)C(C)(C)CCC2(C)C. The molecule has 0 radical (unpaired) electrons. The van der Waals surface area contributed by atoms with Gasteiger partial charge in [-0.05, 0) is 95.0 Å². The molecule has 2 aliphatic carbocycles. The van der Waals surface area contributed by atoms with Gasteiger partial charge in [-0.2, -0.15) is 0 Å². The molecular formula is C37H44F2N2. The minimum absolute atomic E-state index is 0.142. The average Bonchev–Trinajstić information content (AvgIpc) is 3.27. The van der Waals surface area contributed by atoms with Gasteiger partial charge >= 0.3 is 0 Å². The molecule has 2 nitrogen and oxygen atoms in total. The second kappa shape index (κ2) is 8.93. The zero-order valence-corrected chi connectivity index (χ0v) is 26.1. The molecule has 0 fully saturated rings. The number of rotatable bonds is 3. The quantitative estimate of drug-likeness (QED) is 0.259. The minimum atomic E-state index is -0.478. The molecule has 1 atom stereocenters. The third-order valence-corrected chi connectivity index (χ3v) is 10.5. The maximum absolute atomic E-state index is 15.0. The fourth-order valence-corrected chi connectivity index (χ4v) is 7.82. The van der Waals surface area contributed by atoms with Gasteiger partial charge in [-0.1, -0.05) is 73.6 Å². The van der Waals surface area contributed by atoms with Crippen molar-refractivity contribution in [2.24, 2.45) is 0 Å². The van der Waals surface area contributed by atoms with E-state index in [9.17, 15) is 0 Å². The highest BCUT2D eigenvalue weighted by molar-refractivity contribution is 5.90. The van der Waals surface area contributed by atoms with Gasteiger partial charge in [0, 0.05) is 44.9 Å². The van der Waals surface area contributed by atoms with Gasteiger partial charge in [-0.15, -0.1) is 0 Å². The molecule has 4 heteroatoms. The molecule has 1 unspecified atom stereocenters. The van der Waals surface area contributed by atoms with Crippen molar-refractivity contribution in [1.29, 1.82) is 0 Å². The molecule has 0 amide bonds. The second-order valence-corrected chi connectivity index (χ2v) is 15.2. The van der Waals surface area contributed by atoms with Crippen LogP contribution in [0.15, 0.2) is 48.5 Å². The summed E-state index contributed by atoms with van der Waals surface area (Å²) in [7, 11) is 0. The van der Waals surface area contributed by atoms with Crippen molar-refractivity contribution < 1.29 is 8.78 Å². The van der Waals surface area contributed by atoms with Crippen molar-refractivity contribution >= 4 is 22.3 Å². The largest absolute Gasteiger partial charge is 0.358 e. The molecule has 6 rings (SSSR count). The lowest BCUT2D eigenvalue weighted by Crippen LogP contribution is -2.40. The molecule has 41 heavy (non-hydrogen) atoms. The van der Waals surface area contributed by atoms with Gasteiger partial charge in [0.1, 0.15) is 11.6 Å². The Morgan fingerprint density at radius 1 is 0.780 bits per heavy atom. The molecule has 0 aliphatic heterocycles. The van der Waals surface area contributed by atoms with Crippen molar-refractivity contribution in [3.63, 3.8) is 0 Å². The number of H-pyrrole nitrogens is 1. The Bertz CT molecular complexity index is 1660. The Balaban J connectivity index is 1.42. The van der Waals surface area contributed by atoms with E-state index in [1.165, 1.54) is 58.7 Å². The summed E-state index contributed by atoms with van der Waals surface area (Å²) in [5.74, 6) is -1.21. The molecule has 216 valence electrons. The van der Waals surface area contributed by atoms with Crippen molar-refractivity contribution in [2.45, 2.75) is 109 Å². The average molecular weight is 555 g/mol. The molecule has 3 aromatic carbocycles. The van der Waals surface area contributed by atoms with Gasteiger partial charge in [0.25, 0.3) is 0 Å². The van der Waals surface area contributed by atoms with Gasteiger partial charge in [0.05, 0.1) is 0 Å². The Morgan fingerprint density at radius 2 is 1.39 bits per heavy atom. The smallest absolute Gasteiger partial charge is 0.129 e. The third kappa shape index (κ3) is 4.32. The van der Waals surface area contributed by atoms with Crippen molar-refractivity contribution in [2.75, 3.05) is 5.32 Å². The highest BCUT2D eigenvalue weighted by Gasteiger charge is 2.48. The summed E-state index contributed by atoms with van der Waals surface area (Å²) in [6, 6.07) is 15.5. The van der Waals surface area contributed by atoms with Gasteiger partial charge < -0.3 is 10.3 Å². The number of halogens is 2.